The fraction of sp³-hybridized carbons (Fsp3) is 0.200. The molecule has 1 aliphatic heterocycles. The Bertz CT molecular complexity index is 765. The molecule has 3 heterocycles. The van der Waals surface area contributed by atoms with Crippen LogP contribution in [-0.2, 0) is 13.0 Å². The number of anilines is 1. The molecule has 100 valence electrons. The van der Waals surface area contributed by atoms with Gasteiger partial charge in [0.05, 0.1) is 6.61 Å². The average molecular weight is 266 g/mol. The highest BCUT2D eigenvalue weighted by molar-refractivity contribution is 5.62. The third-order valence-electron chi connectivity index (χ3n) is 3.53. The van der Waals surface area contributed by atoms with Crippen LogP contribution in [0.5, 0.6) is 5.75 Å². The van der Waals surface area contributed by atoms with Crippen molar-refractivity contribution in [1.29, 1.82) is 0 Å². The summed E-state index contributed by atoms with van der Waals surface area (Å²) in [5.41, 5.74) is 3.36. The predicted molar refractivity (Wildman–Crippen MR) is 76.0 cm³/mol. The number of aromatic nitrogens is 3. The van der Waals surface area contributed by atoms with Crippen LogP contribution in [0.15, 0.2) is 43.0 Å². The van der Waals surface area contributed by atoms with E-state index in [2.05, 4.69) is 27.4 Å². The average Bonchev–Trinajstić information content (AvgIpc) is 3.13. The number of fused-ring (bicyclic) bond motifs is 2. The predicted octanol–water partition coefficient (Wildman–Crippen LogP) is 2.28. The van der Waals surface area contributed by atoms with Gasteiger partial charge in [0, 0.05) is 37.8 Å². The number of benzene rings is 1. The van der Waals surface area contributed by atoms with E-state index < -0.39 is 0 Å². The Morgan fingerprint density at radius 1 is 1.20 bits per heavy atom. The Balaban J connectivity index is 1.57. The van der Waals surface area contributed by atoms with Crippen molar-refractivity contribution in [2.75, 3.05) is 11.9 Å². The van der Waals surface area contributed by atoms with Crippen molar-refractivity contribution < 1.29 is 4.74 Å². The minimum atomic E-state index is 0.729. The Morgan fingerprint density at radius 2 is 2.10 bits per heavy atom. The van der Waals surface area contributed by atoms with Crippen LogP contribution in [-0.4, -0.2) is 21.0 Å². The second kappa shape index (κ2) is 4.52. The number of hydrogen-bond acceptors (Lipinski definition) is 4. The highest BCUT2D eigenvalue weighted by Gasteiger charge is 2.12. The molecule has 0 spiro atoms. The van der Waals surface area contributed by atoms with Crippen LogP contribution in [0.4, 0.5) is 5.82 Å². The van der Waals surface area contributed by atoms with E-state index in [0.29, 0.717) is 0 Å². The summed E-state index contributed by atoms with van der Waals surface area (Å²) in [5.74, 6) is 1.82. The first-order valence-electron chi connectivity index (χ1n) is 6.66. The van der Waals surface area contributed by atoms with Crippen molar-refractivity contribution in [2.45, 2.75) is 13.0 Å². The maximum absolute atomic E-state index is 5.52. The number of imidazole rings is 1. The second-order valence-electron chi connectivity index (χ2n) is 4.83. The molecule has 3 aromatic rings. The number of nitrogens with zero attached hydrogens (tertiary/aromatic N) is 3. The van der Waals surface area contributed by atoms with Gasteiger partial charge in [0.15, 0.2) is 11.5 Å². The van der Waals surface area contributed by atoms with Gasteiger partial charge in [-0.2, -0.15) is 0 Å². The lowest BCUT2D eigenvalue weighted by atomic mass is 10.1. The zero-order valence-corrected chi connectivity index (χ0v) is 10.9. The standard InChI is InChI=1S/C15H14N4O/c1-2-13-12(3-8-20-13)9-11(1)10-18-14-15-17-5-7-19(15)6-4-16-14/h1-2,4-7,9H,3,8,10H2,(H,16,18). The fourth-order valence-electron chi connectivity index (χ4n) is 2.51. The van der Waals surface area contributed by atoms with Crippen molar-refractivity contribution in [2.24, 2.45) is 0 Å². The molecule has 1 aliphatic rings. The van der Waals surface area contributed by atoms with Gasteiger partial charge in [0.2, 0.25) is 0 Å². The molecule has 0 unspecified atom stereocenters. The summed E-state index contributed by atoms with van der Waals surface area (Å²) in [4.78, 5) is 8.65. The molecule has 0 fully saturated rings. The molecule has 20 heavy (non-hydrogen) atoms. The quantitative estimate of drug-likeness (QED) is 0.790. The first-order valence-corrected chi connectivity index (χ1v) is 6.66. The molecule has 5 heteroatoms. The van der Waals surface area contributed by atoms with Crippen LogP contribution >= 0.6 is 0 Å². The summed E-state index contributed by atoms with van der Waals surface area (Å²) >= 11 is 0. The van der Waals surface area contributed by atoms with Crippen molar-refractivity contribution >= 4 is 11.5 Å². The van der Waals surface area contributed by atoms with Crippen LogP contribution in [0, 0.1) is 0 Å². The molecule has 0 amide bonds. The Morgan fingerprint density at radius 3 is 3.05 bits per heavy atom. The van der Waals surface area contributed by atoms with E-state index >= 15 is 0 Å². The first-order chi connectivity index (χ1) is 9.90. The molecule has 0 radical (unpaired) electrons. The number of ether oxygens (including phenoxy) is 1. The van der Waals surface area contributed by atoms with Gasteiger partial charge in [-0.15, -0.1) is 0 Å². The monoisotopic (exact) mass is 266 g/mol. The maximum Gasteiger partial charge on any atom is 0.180 e. The van der Waals surface area contributed by atoms with Crippen LogP contribution in [0.25, 0.3) is 5.65 Å². The van der Waals surface area contributed by atoms with Crippen LogP contribution < -0.4 is 10.1 Å². The topological polar surface area (TPSA) is 51.5 Å². The van der Waals surface area contributed by atoms with Crippen molar-refractivity contribution in [3.63, 3.8) is 0 Å². The zero-order chi connectivity index (χ0) is 13.4. The number of nitrogens with one attached hydrogen (secondary N) is 1. The number of hydrogen-bond donors (Lipinski definition) is 1. The Kier molecular flexibility index (Phi) is 2.55. The lowest BCUT2D eigenvalue weighted by Gasteiger charge is -2.08. The molecule has 0 aliphatic carbocycles. The van der Waals surface area contributed by atoms with Crippen molar-refractivity contribution in [3.05, 3.63) is 54.1 Å². The van der Waals surface area contributed by atoms with Gasteiger partial charge in [-0.3, -0.25) is 0 Å². The van der Waals surface area contributed by atoms with Gasteiger partial charge >= 0.3 is 0 Å². The SMILES string of the molecule is c1cn2ccnc2c(NCc2ccc3c(c2)CCO3)n1. The third kappa shape index (κ3) is 1.87. The Hall–Kier alpha value is -2.56. The van der Waals surface area contributed by atoms with Gasteiger partial charge in [-0.1, -0.05) is 12.1 Å². The minimum Gasteiger partial charge on any atom is -0.493 e. The van der Waals surface area contributed by atoms with E-state index in [1.165, 1.54) is 11.1 Å². The fourth-order valence-corrected chi connectivity index (χ4v) is 2.51. The number of rotatable bonds is 3. The Labute approximate surface area is 116 Å². The molecule has 0 atom stereocenters. The highest BCUT2D eigenvalue weighted by atomic mass is 16.5. The molecule has 0 saturated heterocycles. The first kappa shape index (κ1) is 11.3. The summed E-state index contributed by atoms with van der Waals surface area (Å²) < 4.78 is 7.47. The maximum atomic E-state index is 5.52. The van der Waals surface area contributed by atoms with Crippen LogP contribution in [0.1, 0.15) is 11.1 Å². The molecule has 1 aromatic carbocycles. The van der Waals surface area contributed by atoms with Crippen molar-refractivity contribution in [1.82, 2.24) is 14.4 Å². The smallest absolute Gasteiger partial charge is 0.180 e. The van der Waals surface area contributed by atoms with Gasteiger partial charge in [-0.25, -0.2) is 9.97 Å². The van der Waals surface area contributed by atoms with E-state index in [-0.39, 0.29) is 0 Å². The summed E-state index contributed by atoms with van der Waals surface area (Å²) in [6, 6.07) is 6.33. The second-order valence-corrected chi connectivity index (χ2v) is 4.83. The summed E-state index contributed by atoms with van der Waals surface area (Å²) in [7, 11) is 0. The van der Waals surface area contributed by atoms with Crippen LogP contribution in [0.2, 0.25) is 0 Å². The molecule has 4 rings (SSSR count). The molecule has 5 nitrogen and oxygen atoms in total. The zero-order valence-electron chi connectivity index (χ0n) is 10.9. The van der Waals surface area contributed by atoms with E-state index in [9.17, 15) is 0 Å². The molecule has 0 bridgehead atoms. The molecule has 0 saturated carbocycles. The molecular weight excluding hydrogens is 252 g/mol. The van der Waals surface area contributed by atoms with E-state index in [0.717, 1.165) is 36.8 Å². The minimum absolute atomic E-state index is 0.729. The van der Waals surface area contributed by atoms with E-state index in [4.69, 9.17) is 4.74 Å². The molecule has 1 N–H and O–H groups in total. The van der Waals surface area contributed by atoms with E-state index in [1.54, 1.807) is 12.4 Å². The summed E-state index contributed by atoms with van der Waals surface area (Å²) in [6.45, 7) is 1.52. The summed E-state index contributed by atoms with van der Waals surface area (Å²) in [6.07, 6.45) is 8.34. The largest absolute Gasteiger partial charge is 0.493 e. The van der Waals surface area contributed by atoms with Crippen LogP contribution in [0.3, 0.4) is 0 Å². The van der Waals surface area contributed by atoms with Crippen molar-refractivity contribution in [3.8, 4) is 5.75 Å². The van der Waals surface area contributed by atoms with Gasteiger partial charge in [-0.05, 0) is 17.2 Å². The summed E-state index contributed by atoms with van der Waals surface area (Å²) in [5, 5.41) is 3.35. The van der Waals surface area contributed by atoms with Gasteiger partial charge < -0.3 is 14.5 Å². The lowest BCUT2D eigenvalue weighted by Crippen LogP contribution is -2.03. The van der Waals surface area contributed by atoms with Gasteiger partial charge in [0.1, 0.15) is 5.75 Å². The molecule has 2 aromatic heterocycles. The highest BCUT2D eigenvalue weighted by Crippen LogP contribution is 2.26. The van der Waals surface area contributed by atoms with Gasteiger partial charge in [0.25, 0.3) is 0 Å². The van der Waals surface area contributed by atoms with E-state index in [1.807, 2.05) is 22.9 Å². The third-order valence-corrected chi connectivity index (χ3v) is 3.53. The normalized spacial score (nSPS) is 13.2. The molecular formula is C15H14N4O. The lowest BCUT2D eigenvalue weighted by molar-refractivity contribution is 0.357.